The van der Waals surface area contributed by atoms with E-state index in [1.54, 1.807) is 0 Å². The number of rotatable bonds is 5. The first-order valence-electron chi connectivity index (χ1n) is 4.89. The smallest absolute Gasteiger partial charge is 0.346 e. The summed E-state index contributed by atoms with van der Waals surface area (Å²) in [5, 5.41) is 8.80. The van der Waals surface area contributed by atoms with Gasteiger partial charge in [-0.25, -0.2) is 0 Å². The number of hydrogen-bond acceptors (Lipinski definition) is 6. The Hall–Kier alpha value is -0.390. The molecule has 1 heterocycles. The topological polar surface area (TPSA) is 74.2 Å². The summed E-state index contributed by atoms with van der Waals surface area (Å²) < 4.78 is 100. The van der Waals surface area contributed by atoms with Crippen LogP contribution in [0.15, 0.2) is 0 Å². The van der Waals surface area contributed by atoms with Crippen LogP contribution in [0, 0.1) is 0 Å². The van der Waals surface area contributed by atoms with Gasteiger partial charge >= 0.3 is 19.9 Å². The molecule has 20 heavy (non-hydrogen) atoms. The molecule has 0 aliphatic carbocycles. The van der Waals surface area contributed by atoms with Gasteiger partial charge < -0.3 is 14.6 Å². The Balaban J connectivity index is 2.74. The highest BCUT2D eigenvalue weighted by Crippen LogP contribution is 2.56. The maximum Gasteiger partial charge on any atom is 0.412 e. The molecular weight excluding hydrogens is 325 g/mol. The number of ether oxygens (including phenoxy) is 2. The first-order valence-corrected chi connectivity index (χ1v) is 6.50. The summed E-state index contributed by atoms with van der Waals surface area (Å²) in [4.78, 5) is 0. The normalized spacial score (nSPS) is 25.1. The summed E-state index contributed by atoms with van der Waals surface area (Å²) in [5.74, 6) is -1.89. The molecule has 0 aromatic carbocycles. The van der Waals surface area contributed by atoms with E-state index in [9.17, 15) is 30.9 Å². The highest BCUT2D eigenvalue weighted by Gasteiger charge is 2.47. The van der Waals surface area contributed by atoms with Gasteiger partial charge in [-0.1, -0.05) is 0 Å². The molecule has 0 aromatic heterocycles. The van der Waals surface area contributed by atoms with Gasteiger partial charge in [-0.15, -0.1) is 0 Å². The van der Waals surface area contributed by atoms with Crippen LogP contribution in [-0.2, 0) is 23.1 Å². The first-order chi connectivity index (χ1) is 8.91. The standard InChI is InChI=1S/C7H9F6O6P/c8-6(9,10)2-17-20(15,18-3-7(11,12)13)4-1-16-5(14)19-4/h4-5,14H,1-3H2. The summed E-state index contributed by atoms with van der Waals surface area (Å²) in [5.41, 5.74) is 0. The molecule has 13 heteroatoms. The molecular formula is C7H9F6O6P. The van der Waals surface area contributed by atoms with E-state index in [1.807, 2.05) is 0 Å². The van der Waals surface area contributed by atoms with E-state index in [-0.39, 0.29) is 0 Å². The van der Waals surface area contributed by atoms with Gasteiger partial charge in [0, 0.05) is 0 Å². The Labute approximate surface area is 108 Å². The summed E-state index contributed by atoms with van der Waals surface area (Å²) in [6, 6.07) is 0. The van der Waals surface area contributed by atoms with E-state index >= 15 is 0 Å². The first kappa shape index (κ1) is 17.7. The Morgan fingerprint density at radius 3 is 1.85 bits per heavy atom. The third-order valence-electron chi connectivity index (χ3n) is 1.82. The number of alkyl halides is 6. The van der Waals surface area contributed by atoms with Crippen LogP contribution in [0.5, 0.6) is 0 Å². The van der Waals surface area contributed by atoms with Gasteiger partial charge in [0.25, 0.3) is 6.48 Å². The Kier molecular flexibility index (Phi) is 5.44. The minimum Gasteiger partial charge on any atom is -0.346 e. The van der Waals surface area contributed by atoms with Crippen LogP contribution in [0.4, 0.5) is 26.3 Å². The number of aliphatic hydroxyl groups is 1. The second-order valence-corrected chi connectivity index (χ2v) is 5.72. The maximum absolute atomic E-state index is 12.0. The molecule has 2 atom stereocenters. The summed E-state index contributed by atoms with van der Waals surface area (Å²) in [6.45, 7) is -6.87. The van der Waals surface area contributed by atoms with Gasteiger partial charge in [-0.2, -0.15) is 26.3 Å². The van der Waals surface area contributed by atoms with E-state index < -0.39 is 52.1 Å². The fourth-order valence-corrected chi connectivity index (χ4v) is 2.65. The molecule has 0 saturated carbocycles. The molecule has 0 aromatic rings. The van der Waals surface area contributed by atoms with E-state index in [1.165, 1.54) is 0 Å². The molecule has 1 rings (SSSR count). The summed E-state index contributed by atoms with van der Waals surface area (Å²) in [7, 11) is -4.94. The van der Waals surface area contributed by atoms with Crippen LogP contribution < -0.4 is 0 Å². The Bertz CT molecular complexity index is 348. The third-order valence-corrected chi connectivity index (χ3v) is 3.78. The molecule has 1 saturated heterocycles. The molecule has 0 bridgehead atoms. The zero-order valence-electron chi connectivity index (χ0n) is 9.48. The Morgan fingerprint density at radius 2 is 1.55 bits per heavy atom. The van der Waals surface area contributed by atoms with E-state index in [2.05, 4.69) is 18.5 Å². The lowest BCUT2D eigenvalue weighted by Gasteiger charge is -2.23. The minimum atomic E-state index is -4.94. The quantitative estimate of drug-likeness (QED) is 0.612. The third kappa shape index (κ3) is 5.94. The molecule has 1 aliphatic heterocycles. The lowest BCUT2D eigenvalue weighted by atomic mass is 10.7. The number of hydrogen-bond donors (Lipinski definition) is 1. The SMILES string of the molecule is O=P(OCC(F)(F)F)(OCC(F)(F)F)C1COC(O)O1. The van der Waals surface area contributed by atoms with Gasteiger partial charge in [0.1, 0.15) is 0 Å². The zero-order valence-corrected chi connectivity index (χ0v) is 10.4. The van der Waals surface area contributed by atoms with Crippen molar-refractivity contribution in [2.45, 2.75) is 24.7 Å². The largest absolute Gasteiger partial charge is 0.412 e. The maximum atomic E-state index is 12.0. The summed E-state index contributed by atoms with van der Waals surface area (Å²) >= 11 is 0. The van der Waals surface area contributed by atoms with Crippen LogP contribution in [0.3, 0.4) is 0 Å². The zero-order chi connectivity index (χ0) is 15.6. The van der Waals surface area contributed by atoms with Gasteiger partial charge in [0.2, 0.25) is 0 Å². The average molecular weight is 334 g/mol. The van der Waals surface area contributed by atoms with Gasteiger partial charge in [-0.3, -0.25) is 13.6 Å². The van der Waals surface area contributed by atoms with Crippen molar-refractivity contribution in [3.05, 3.63) is 0 Å². The van der Waals surface area contributed by atoms with Crippen molar-refractivity contribution < 1.29 is 54.5 Å². The Morgan fingerprint density at radius 1 is 1.10 bits per heavy atom. The second-order valence-electron chi connectivity index (χ2n) is 3.55. The van der Waals surface area contributed by atoms with Crippen LogP contribution >= 0.6 is 7.60 Å². The van der Waals surface area contributed by atoms with Gasteiger partial charge in [0.05, 0.1) is 6.61 Å². The van der Waals surface area contributed by atoms with Crippen LogP contribution in [0.2, 0.25) is 0 Å². The van der Waals surface area contributed by atoms with Crippen LogP contribution in [-0.4, -0.2) is 49.6 Å². The van der Waals surface area contributed by atoms with Crippen molar-refractivity contribution >= 4 is 7.60 Å². The predicted molar refractivity (Wildman–Crippen MR) is 48.5 cm³/mol. The average Bonchev–Trinajstić information content (AvgIpc) is 2.69. The van der Waals surface area contributed by atoms with Crippen molar-refractivity contribution in [2.24, 2.45) is 0 Å². The lowest BCUT2D eigenvalue weighted by molar-refractivity contribution is -0.201. The predicted octanol–water partition coefficient (Wildman–Crippen LogP) is 1.99. The van der Waals surface area contributed by atoms with Gasteiger partial charge in [0.15, 0.2) is 19.1 Å². The molecule has 6 nitrogen and oxygen atoms in total. The summed E-state index contributed by atoms with van der Waals surface area (Å²) in [6.07, 6.45) is -9.87. The van der Waals surface area contributed by atoms with E-state index in [0.29, 0.717) is 0 Å². The highest BCUT2D eigenvalue weighted by atomic mass is 31.2. The van der Waals surface area contributed by atoms with Crippen molar-refractivity contribution in [1.29, 1.82) is 0 Å². The van der Waals surface area contributed by atoms with E-state index in [0.717, 1.165) is 0 Å². The minimum absolute atomic E-state index is 0.742. The number of aliphatic hydroxyl groups excluding tert-OH is 1. The van der Waals surface area contributed by atoms with Crippen LogP contribution in [0.25, 0.3) is 0 Å². The van der Waals surface area contributed by atoms with Crippen molar-refractivity contribution in [3.8, 4) is 0 Å². The monoisotopic (exact) mass is 334 g/mol. The fraction of sp³-hybridized carbons (Fsp3) is 1.00. The van der Waals surface area contributed by atoms with Crippen molar-refractivity contribution in [3.63, 3.8) is 0 Å². The van der Waals surface area contributed by atoms with Gasteiger partial charge in [-0.05, 0) is 0 Å². The second kappa shape index (κ2) is 6.16. The molecule has 1 fully saturated rings. The van der Waals surface area contributed by atoms with E-state index in [4.69, 9.17) is 5.11 Å². The molecule has 0 radical (unpaired) electrons. The molecule has 1 aliphatic rings. The fourth-order valence-electron chi connectivity index (χ4n) is 1.07. The molecule has 1 N–H and O–H groups in total. The van der Waals surface area contributed by atoms with Crippen molar-refractivity contribution in [1.82, 2.24) is 0 Å². The molecule has 120 valence electrons. The molecule has 2 unspecified atom stereocenters. The molecule has 0 spiro atoms. The molecule has 0 amide bonds. The highest BCUT2D eigenvalue weighted by molar-refractivity contribution is 7.54. The van der Waals surface area contributed by atoms with Crippen molar-refractivity contribution in [2.75, 3.05) is 19.8 Å². The lowest BCUT2D eigenvalue weighted by Crippen LogP contribution is -2.25. The number of halogens is 6. The van der Waals surface area contributed by atoms with Crippen LogP contribution in [0.1, 0.15) is 0 Å².